The van der Waals surface area contributed by atoms with Crippen molar-refractivity contribution in [1.29, 1.82) is 0 Å². The normalized spacial score (nSPS) is 16.8. The van der Waals surface area contributed by atoms with Crippen LogP contribution >= 0.6 is 0 Å². The third-order valence-corrected chi connectivity index (χ3v) is 4.77. The summed E-state index contributed by atoms with van der Waals surface area (Å²) < 4.78 is 14.0. The van der Waals surface area contributed by atoms with Gasteiger partial charge in [-0.3, -0.25) is 0 Å². The number of nitrogens with zero attached hydrogens (tertiary/aromatic N) is 2. The molecule has 1 aromatic heterocycles. The number of ether oxygens (including phenoxy) is 2. The Morgan fingerprint density at radius 1 is 1.00 bits per heavy atom. The zero-order chi connectivity index (χ0) is 17.6. The highest BCUT2D eigenvalue weighted by Crippen LogP contribution is 2.25. The smallest absolute Gasteiger partial charge is 0.0957 e. The Bertz CT molecular complexity index is 809. The van der Waals surface area contributed by atoms with E-state index in [2.05, 4.69) is 33.8 Å². The van der Waals surface area contributed by atoms with Gasteiger partial charge in [0, 0.05) is 12.2 Å². The lowest BCUT2D eigenvalue weighted by Gasteiger charge is -2.14. The monoisotopic (exact) mass is 348 g/mol. The van der Waals surface area contributed by atoms with Crippen LogP contribution in [0, 0.1) is 0 Å². The standard InChI is InChI=1S/C22H24N2O2/c1-3-8-18(9-4-1)15-25-16-21-22(19-10-5-2-6-11-19)23-17-24(21)14-20-12-7-13-26-20/h1-6,8-11,17,20H,7,12-16H2/t20-/m0/s1. The lowest BCUT2D eigenvalue weighted by Crippen LogP contribution is -2.16. The van der Waals surface area contributed by atoms with E-state index in [0.717, 1.165) is 42.9 Å². The molecule has 0 radical (unpaired) electrons. The number of imidazole rings is 1. The van der Waals surface area contributed by atoms with Crippen LogP contribution in [0.3, 0.4) is 0 Å². The molecule has 2 aromatic carbocycles. The second kappa shape index (κ2) is 8.30. The highest BCUT2D eigenvalue weighted by molar-refractivity contribution is 5.61. The Labute approximate surface area is 154 Å². The summed E-state index contributed by atoms with van der Waals surface area (Å²) in [7, 11) is 0. The molecule has 0 unspecified atom stereocenters. The molecule has 0 aliphatic carbocycles. The maximum absolute atomic E-state index is 6.03. The molecule has 0 saturated carbocycles. The lowest BCUT2D eigenvalue weighted by atomic mass is 10.1. The van der Waals surface area contributed by atoms with E-state index in [1.54, 1.807) is 0 Å². The number of aromatic nitrogens is 2. The molecule has 0 N–H and O–H groups in total. The average molecular weight is 348 g/mol. The molecule has 1 fully saturated rings. The van der Waals surface area contributed by atoms with Crippen LogP contribution in [-0.4, -0.2) is 22.3 Å². The molecule has 0 amide bonds. The fourth-order valence-corrected chi connectivity index (χ4v) is 3.40. The van der Waals surface area contributed by atoms with Crippen molar-refractivity contribution < 1.29 is 9.47 Å². The summed E-state index contributed by atoms with van der Waals surface area (Å²) in [6.07, 6.45) is 4.46. The van der Waals surface area contributed by atoms with Crippen LogP contribution in [-0.2, 0) is 29.2 Å². The zero-order valence-corrected chi connectivity index (χ0v) is 14.9. The van der Waals surface area contributed by atoms with E-state index in [4.69, 9.17) is 9.47 Å². The van der Waals surface area contributed by atoms with Gasteiger partial charge in [0.15, 0.2) is 0 Å². The van der Waals surface area contributed by atoms with Crippen LogP contribution in [0.1, 0.15) is 24.1 Å². The topological polar surface area (TPSA) is 36.3 Å². The molecule has 3 aromatic rings. The van der Waals surface area contributed by atoms with Gasteiger partial charge in [0.25, 0.3) is 0 Å². The number of hydrogen-bond donors (Lipinski definition) is 0. The van der Waals surface area contributed by atoms with Gasteiger partial charge in [0.05, 0.1) is 43.6 Å². The second-order valence-electron chi connectivity index (χ2n) is 6.67. The van der Waals surface area contributed by atoms with Crippen LogP contribution in [0.25, 0.3) is 11.3 Å². The molecule has 4 nitrogen and oxygen atoms in total. The fourth-order valence-electron chi connectivity index (χ4n) is 3.40. The van der Waals surface area contributed by atoms with Crippen LogP contribution in [0.15, 0.2) is 67.0 Å². The van der Waals surface area contributed by atoms with Gasteiger partial charge in [-0.2, -0.15) is 0 Å². The minimum atomic E-state index is 0.278. The van der Waals surface area contributed by atoms with E-state index in [-0.39, 0.29) is 6.10 Å². The molecule has 1 atom stereocenters. The Kier molecular flexibility index (Phi) is 5.43. The van der Waals surface area contributed by atoms with Gasteiger partial charge < -0.3 is 14.0 Å². The van der Waals surface area contributed by atoms with Crippen molar-refractivity contribution in [3.05, 3.63) is 78.2 Å². The predicted octanol–water partition coefficient (Wildman–Crippen LogP) is 4.45. The highest BCUT2D eigenvalue weighted by atomic mass is 16.5. The Balaban J connectivity index is 1.53. The van der Waals surface area contributed by atoms with Crippen molar-refractivity contribution in [3.63, 3.8) is 0 Å². The first kappa shape index (κ1) is 17.0. The molecule has 1 saturated heterocycles. The summed E-state index contributed by atoms with van der Waals surface area (Å²) in [5.74, 6) is 0. The van der Waals surface area contributed by atoms with Crippen molar-refractivity contribution in [2.75, 3.05) is 6.61 Å². The predicted molar refractivity (Wildman–Crippen MR) is 102 cm³/mol. The highest BCUT2D eigenvalue weighted by Gasteiger charge is 2.20. The van der Waals surface area contributed by atoms with E-state index in [0.29, 0.717) is 13.2 Å². The summed E-state index contributed by atoms with van der Waals surface area (Å²) in [4.78, 5) is 4.68. The molecular formula is C22H24N2O2. The number of rotatable bonds is 7. The van der Waals surface area contributed by atoms with Crippen molar-refractivity contribution >= 4 is 0 Å². The van der Waals surface area contributed by atoms with Crippen molar-refractivity contribution in [2.45, 2.75) is 38.7 Å². The summed E-state index contributed by atoms with van der Waals surface area (Å²) in [6, 6.07) is 20.6. The van der Waals surface area contributed by atoms with Crippen molar-refractivity contribution in [1.82, 2.24) is 9.55 Å². The summed E-state index contributed by atoms with van der Waals surface area (Å²) in [5, 5.41) is 0. The van der Waals surface area contributed by atoms with E-state index < -0.39 is 0 Å². The van der Waals surface area contributed by atoms with Gasteiger partial charge in [-0.1, -0.05) is 60.7 Å². The Morgan fingerprint density at radius 2 is 1.77 bits per heavy atom. The first-order chi connectivity index (χ1) is 12.9. The zero-order valence-electron chi connectivity index (χ0n) is 14.9. The largest absolute Gasteiger partial charge is 0.376 e. The third-order valence-electron chi connectivity index (χ3n) is 4.77. The van der Waals surface area contributed by atoms with Gasteiger partial charge in [0.1, 0.15) is 0 Å². The van der Waals surface area contributed by atoms with Crippen molar-refractivity contribution in [2.24, 2.45) is 0 Å². The molecule has 1 aliphatic heterocycles. The lowest BCUT2D eigenvalue weighted by molar-refractivity contribution is 0.0854. The average Bonchev–Trinajstić information content (AvgIpc) is 3.34. The number of hydrogen-bond acceptors (Lipinski definition) is 3. The summed E-state index contributed by atoms with van der Waals surface area (Å²) >= 11 is 0. The summed E-state index contributed by atoms with van der Waals surface area (Å²) in [6.45, 7) is 2.83. The Morgan fingerprint density at radius 3 is 2.50 bits per heavy atom. The SMILES string of the molecule is c1ccc(COCc2c(-c3ccccc3)ncn2C[C@@H]2CCCO2)cc1. The fraction of sp³-hybridized carbons (Fsp3) is 0.318. The van der Waals surface area contributed by atoms with E-state index in [1.165, 1.54) is 5.56 Å². The van der Waals surface area contributed by atoms with Gasteiger partial charge in [-0.05, 0) is 18.4 Å². The number of benzene rings is 2. The van der Waals surface area contributed by atoms with Gasteiger partial charge >= 0.3 is 0 Å². The minimum absolute atomic E-state index is 0.278. The molecule has 26 heavy (non-hydrogen) atoms. The van der Waals surface area contributed by atoms with Crippen LogP contribution < -0.4 is 0 Å². The van der Waals surface area contributed by atoms with Crippen LogP contribution in [0.4, 0.5) is 0 Å². The van der Waals surface area contributed by atoms with Gasteiger partial charge in [0.2, 0.25) is 0 Å². The molecular weight excluding hydrogens is 324 g/mol. The second-order valence-corrected chi connectivity index (χ2v) is 6.67. The molecule has 0 spiro atoms. The van der Waals surface area contributed by atoms with E-state index >= 15 is 0 Å². The Hall–Kier alpha value is -2.43. The van der Waals surface area contributed by atoms with Crippen LogP contribution in [0.5, 0.6) is 0 Å². The molecule has 1 aliphatic rings. The van der Waals surface area contributed by atoms with Gasteiger partial charge in [-0.15, -0.1) is 0 Å². The van der Waals surface area contributed by atoms with E-state index in [9.17, 15) is 0 Å². The first-order valence-corrected chi connectivity index (χ1v) is 9.23. The first-order valence-electron chi connectivity index (χ1n) is 9.23. The third kappa shape index (κ3) is 4.03. The molecule has 0 bridgehead atoms. The van der Waals surface area contributed by atoms with Crippen molar-refractivity contribution in [3.8, 4) is 11.3 Å². The van der Waals surface area contributed by atoms with E-state index in [1.807, 2.05) is 42.7 Å². The maximum atomic E-state index is 6.03. The molecule has 4 heteroatoms. The summed E-state index contributed by atoms with van der Waals surface area (Å²) in [5.41, 5.74) is 4.41. The molecule has 134 valence electrons. The molecule has 4 rings (SSSR count). The maximum Gasteiger partial charge on any atom is 0.0957 e. The minimum Gasteiger partial charge on any atom is -0.376 e. The molecule has 2 heterocycles. The van der Waals surface area contributed by atoms with Crippen LogP contribution in [0.2, 0.25) is 0 Å². The quantitative estimate of drug-likeness (QED) is 0.633. The van der Waals surface area contributed by atoms with Gasteiger partial charge in [-0.25, -0.2) is 4.98 Å².